The molecule has 3 rings (SSSR count). The van der Waals surface area contributed by atoms with Crippen LogP contribution in [0.5, 0.6) is 0 Å². The predicted molar refractivity (Wildman–Crippen MR) is 84.9 cm³/mol. The summed E-state index contributed by atoms with van der Waals surface area (Å²) in [6, 6.07) is 14.9. The van der Waals surface area contributed by atoms with Gasteiger partial charge in [0.2, 0.25) is 0 Å². The maximum Gasteiger partial charge on any atom is 0.0997 e. The lowest BCUT2D eigenvalue weighted by atomic mass is 10.1. The van der Waals surface area contributed by atoms with Crippen molar-refractivity contribution in [2.75, 3.05) is 0 Å². The van der Waals surface area contributed by atoms with Gasteiger partial charge >= 0.3 is 0 Å². The third-order valence-corrected chi connectivity index (χ3v) is 3.72. The number of para-hydroxylation sites is 1. The first-order valence-electron chi connectivity index (χ1n) is 6.39. The molecule has 1 aromatic heterocycles. The summed E-state index contributed by atoms with van der Waals surface area (Å²) in [5.74, 6) is 0. The van der Waals surface area contributed by atoms with Crippen LogP contribution in [0.4, 0.5) is 0 Å². The standard InChI is InChI=1S/C16H12Cl2N2O/c17-12-6-7-14(15(18)8-12)16-11(10-21)9-20(19-16)13-4-2-1-3-5-13/h1-9,21H,10H2. The Balaban J connectivity index is 2.12. The van der Waals surface area contributed by atoms with Gasteiger partial charge < -0.3 is 5.11 Å². The van der Waals surface area contributed by atoms with Gasteiger partial charge in [0.05, 0.1) is 23.0 Å². The van der Waals surface area contributed by atoms with Crippen molar-refractivity contribution < 1.29 is 5.11 Å². The normalized spacial score (nSPS) is 10.8. The smallest absolute Gasteiger partial charge is 0.0997 e. The Morgan fingerprint density at radius 2 is 1.81 bits per heavy atom. The molecule has 2 aromatic carbocycles. The van der Waals surface area contributed by atoms with E-state index in [2.05, 4.69) is 5.10 Å². The van der Waals surface area contributed by atoms with E-state index >= 15 is 0 Å². The second-order valence-corrected chi connectivity index (χ2v) is 5.41. The number of aliphatic hydroxyl groups is 1. The zero-order valence-corrected chi connectivity index (χ0v) is 12.5. The zero-order valence-electron chi connectivity index (χ0n) is 11.0. The lowest BCUT2D eigenvalue weighted by molar-refractivity contribution is 0.282. The van der Waals surface area contributed by atoms with E-state index < -0.39 is 0 Å². The summed E-state index contributed by atoms with van der Waals surface area (Å²) in [5.41, 5.74) is 3.04. The molecule has 0 radical (unpaired) electrons. The van der Waals surface area contributed by atoms with Gasteiger partial charge in [-0.25, -0.2) is 4.68 Å². The van der Waals surface area contributed by atoms with Crippen molar-refractivity contribution in [2.24, 2.45) is 0 Å². The molecule has 0 spiro atoms. The van der Waals surface area contributed by atoms with Gasteiger partial charge in [-0.3, -0.25) is 0 Å². The van der Waals surface area contributed by atoms with Crippen LogP contribution in [0.3, 0.4) is 0 Å². The molecule has 0 saturated heterocycles. The minimum absolute atomic E-state index is 0.110. The zero-order chi connectivity index (χ0) is 14.8. The Bertz CT molecular complexity index is 769. The summed E-state index contributed by atoms with van der Waals surface area (Å²) in [6.07, 6.45) is 1.80. The van der Waals surface area contributed by atoms with Gasteiger partial charge in [0.15, 0.2) is 0 Å². The molecular weight excluding hydrogens is 307 g/mol. The molecule has 0 amide bonds. The van der Waals surface area contributed by atoms with E-state index in [0.717, 1.165) is 11.3 Å². The highest BCUT2D eigenvalue weighted by Gasteiger charge is 2.14. The van der Waals surface area contributed by atoms with E-state index in [9.17, 15) is 5.11 Å². The van der Waals surface area contributed by atoms with Gasteiger partial charge in [-0.2, -0.15) is 5.10 Å². The molecule has 0 saturated carbocycles. The van der Waals surface area contributed by atoms with Crippen molar-refractivity contribution in [3.05, 3.63) is 70.3 Å². The van der Waals surface area contributed by atoms with Gasteiger partial charge in [0, 0.05) is 22.3 Å². The van der Waals surface area contributed by atoms with Crippen LogP contribution >= 0.6 is 23.2 Å². The van der Waals surface area contributed by atoms with Crippen molar-refractivity contribution in [3.8, 4) is 16.9 Å². The molecule has 3 aromatic rings. The lowest BCUT2D eigenvalue weighted by Gasteiger charge is -2.03. The van der Waals surface area contributed by atoms with E-state index in [1.54, 1.807) is 23.0 Å². The van der Waals surface area contributed by atoms with Gasteiger partial charge in [-0.15, -0.1) is 0 Å². The highest BCUT2D eigenvalue weighted by molar-refractivity contribution is 6.36. The number of hydrogen-bond donors (Lipinski definition) is 1. The molecule has 1 N–H and O–H groups in total. The minimum atomic E-state index is -0.110. The maximum absolute atomic E-state index is 9.56. The number of benzene rings is 2. The van der Waals surface area contributed by atoms with Gasteiger partial charge in [-0.05, 0) is 30.3 Å². The van der Waals surface area contributed by atoms with Crippen LogP contribution in [0, 0.1) is 0 Å². The van der Waals surface area contributed by atoms with Crippen molar-refractivity contribution in [3.63, 3.8) is 0 Å². The van der Waals surface area contributed by atoms with Gasteiger partial charge in [0.1, 0.15) is 0 Å². The first kappa shape index (κ1) is 14.1. The quantitative estimate of drug-likeness (QED) is 0.780. The Hall–Kier alpha value is -1.81. The molecule has 1 heterocycles. The van der Waals surface area contributed by atoms with Crippen LogP contribution in [-0.4, -0.2) is 14.9 Å². The highest BCUT2D eigenvalue weighted by atomic mass is 35.5. The van der Waals surface area contributed by atoms with Crippen molar-refractivity contribution in [1.82, 2.24) is 9.78 Å². The molecule has 0 atom stereocenters. The van der Waals surface area contributed by atoms with Crippen LogP contribution in [0.1, 0.15) is 5.56 Å². The van der Waals surface area contributed by atoms with E-state index in [4.69, 9.17) is 23.2 Å². The number of aromatic nitrogens is 2. The average molecular weight is 319 g/mol. The molecule has 21 heavy (non-hydrogen) atoms. The SMILES string of the molecule is OCc1cn(-c2ccccc2)nc1-c1ccc(Cl)cc1Cl. The third-order valence-electron chi connectivity index (χ3n) is 3.17. The molecule has 0 fully saturated rings. The monoisotopic (exact) mass is 318 g/mol. The highest BCUT2D eigenvalue weighted by Crippen LogP contribution is 2.32. The summed E-state index contributed by atoms with van der Waals surface area (Å²) in [4.78, 5) is 0. The maximum atomic E-state index is 9.56. The van der Waals surface area contributed by atoms with Crippen molar-refractivity contribution in [1.29, 1.82) is 0 Å². The number of hydrogen-bond acceptors (Lipinski definition) is 2. The molecule has 0 bridgehead atoms. The van der Waals surface area contributed by atoms with Crippen molar-refractivity contribution in [2.45, 2.75) is 6.61 Å². The van der Waals surface area contributed by atoms with Gasteiger partial charge in [-0.1, -0.05) is 41.4 Å². The van der Waals surface area contributed by atoms with E-state index in [0.29, 0.717) is 21.3 Å². The number of aliphatic hydroxyl groups excluding tert-OH is 1. The second kappa shape index (κ2) is 5.90. The van der Waals surface area contributed by atoms with Crippen LogP contribution in [0.2, 0.25) is 10.0 Å². The summed E-state index contributed by atoms with van der Waals surface area (Å²) >= 11 is 12.2. The summed E-state index contributed by atoms with van der Waals surface area (Å²) in [6.45, 7) is -0.110. The fourth-order valence-electron chi connectivity index (χ4n) is 2.15. The number of nitrogens with zero attached hydrogens (tertiary/aromatic N) is 2. The molecule has 0 aliphatic carbocycles. The Labute approximate surface area is 132 Å². The largest absolute Gasteiger partial charge is 0.392 e. The van der Waals surface area contributed by atoms with E-state index in [1.807, 2.05) is 36.4 Å². The Morgan fingerprint density at radius 3 is 2.48 bits per heavy atom. The van der Waals surface area contributed by atoms with Crippen LogP contribution in [0.25, 0.3) is 16.9 Å². The number of halogens is 2. The fraction of sp³-hybridized carbons (Fsp3) is 0.0625. The van der Waals surface area contributed by atoms with Crippen LogP contribution in [0.15, 0.2) is 54.7 Å². The molecule has 3 nitrogen and oxygen atoms in total. The first-order valence-corrected chi connectivity index (χ1v) is 7.15. The lowest BCUT2D eigenvalue weighted by Crippen LogP contribution is -1.94. The predicted octanol–water partition coefficient (Wildman–Crippen LogP) is 4.34. The Morgan fingerprint density at radius 1 is 1.05 bits per heavy atom. The van der Waals surface area contributed by atoms with Crippen LogP contribution in [-0.2, 0) is 6.61 Å². The van der Waals surface area contributed by atoms with Gasteiger partial charge in [0.25, 0.3) is 0 Å². The molecule has 0 aliphatic heterocycles. The fourth-order valence-corrected chi connectivity index (χ4v) is 2.64. The molecule has 5 heteroatoms. The molecule has 0 aliphatic rings. The third kappa shape index (κ3) is 2.81. The molecule has 0 unspecified atom stereocenters. The first-order chi connectivity index (χ1) is 10.2. The van der Waals surface area contributed by atoms with E-state index in [-0.39, 0.29) is 6.61 Å². The minimum Gasteiger partial charge on any atom is -0.392 e. The summed E-state index contributed by atoms with van der Waals surface area (Å²) in [7, 11) is 0. The Kier molecular flexibility index (Phi) is 3.97. The molecular formula is C16H12Cl2N2O. The average Bonchev–Trinajstić information content (AvgIpc) is 2.92. The second-order valence-electron chi connectivity index (χ2n) is 4.57. The topological polar surface area (TPSA) is 38.0 Å². The molecule has 106 valence electrons. The number of rotatable bonds is 3. The summed E-state index contributed by atoms with van der Waals surface area (Å²) in [5, 5.41) is 15.2. The van der Waals surface area contributed by atoms with E-state index in [1.165, 1.54) is 0 Å². The van der Waals surface area contributed by atoms with Crippen molar-refractivity contribution >= 4 is 23.2 Å². The summed E-state index contributed by atoms with van der Waals surface area (Å²) < 4.78 is 1.73. The van der Waals surface area contributed by atoms with Crippen LogP contribution < -0.4 is 0 Å².